The molecule has 0 saturated heterocycles. The second-order valence-corrected chi connectivity index (χ2v) is 3.17. The molecule has 2 aromatic rings. The van der Waals surface area contributed by atoms with Gasteiger partial charge in [-0.3, -0.25) is 0 Å². The molecule has 0 unspecified atom stereocenters. The molecule has 2 heteroatoms. The molecule has 0 fully saturated rings. The van der Waals surface area contributed by atoms with Gasteiger partial charge in [0.15, 0.2) is 11.5 Å². The standard InChI is InChI=1S/C13H11O2/c14-12-8-4-5-9-13(12)15-10-11-6-2-1-3-7-11/h1-4,6-9,14H,10H2. The second-order valence-electron chi connectivity index (χ2n) is 3.17. The zero-order valence-electron chi connectivity index (χ0n) is 8.18. The number of hydrogen-bond donors (Lipinski definition) is 1. The number of ether oxygens (including phenoxy) is 1. The van der Waals surface area contributed by atoms with E-state index in [0.717, 1.165) is 5.56 Å². The average Bonchev–Trinajstić information content (AvgIpc) is 2.29. The van der Waals surface area contributed by atoms with E-state index in [9.17, 15) is 5.11 Å². The maximum absolute atomic E-state index is 9.44. The average molecular weight is 199 g/mol. The molecule has 0 bridgehead atoms. The van der Waals surface area contributed by atoms with E-state index in [4.69, 9.17) is 4.74 Å². The fourth-order valence-corrected chi connectivity index (χ4v) is 1.26. The van der Waals surface area contributed by atoms with Crippen LogP contribution in [0.2, 0.25) is 0 Å². The lowest BCUT2D eigenvalue weighted by Crippen LogP contribution is -1.94. The first-order chi connectivity index (χ1) is 7.36. The first kappa shape index (κ1) is 9.59. The third kappa shape index (κ3) is 2.50. The maximum atomic E-state index is 9.44. The predicted molar refractivity (Wildman–Crippen MR) is 57.7 cm³/mol. The summed E-state index contributed by atoms with van der Waals surface area (Å²) in [6.07, 6.45) is 0. The van der Waals surface area contributed by atoms with Crippen molar-refractivity contribution in [3.8, 4) is 11.5 Å². The van der Waals surface area contributed by atoms with Gasteiger partial charge in [-0.15, -0.1) is 0 Å². The van der Waals surface area contributed by atoms with Crippen LogP contribution in [0.3, 0.4) is 0 Å². The Kier molecular flexibility index (Phi) is 2.88. The van der Waals surface area contributed by atoms with Crippen molar-refractivity contribution >= 4 is 0 Å². The molecule has 0 aliphatic rings. The topological polar surface area (TPSA) is 29.5 Å². The first-order valence-corrected chi connectivity index (χ1v) is 4.72. The molecule has 0 aromatic heterocycles. The Morgan fingerprint density at radius 1 is 1.13 bits per heavy atom. The minimum absolute atomic E-state index is 0.143. The van der Waals surface area contributed by atoms with Crippen LogP contribution in [0.25, 0.3) is 0 Å². The number of phenols is 1. The van der Waals surface area contributed by atoms with Crippen LogP contribution in [0, 0.1) is 6.07 Å². The Hall–Kier alpha value is -1.96. The summed E-state index contributed by atoms with van der Waals surface area (Å²) in [5.74, 6) is 0.603. The van der Waals surface area contributed by atoms with Gasteiger partial charge in [-0.2, -0.15) is 0 Å². The molecule has 2 rings (SSSR count). The van der Waals surface area contributed by atoms with Crippen LogP contribution in [-0.2, 0) is 6.61 Å². The number of rotatable bonds is 3. The second kappa shape index (κ2) is 4.51. The van der Waals surface area contributed by atoms with Gasteiger partial charge in [0.05, 0.1) is 0 Å². The molecule has 1 radical (unpaired) electrons. The molecule has 75 valence electrons. The fraction of sp³-hybridized carbons (Fsp3) is 0.0769. The summed E-state index contributed by atoms with van der Waals surface area (Å²) in [5.41, 5.74) is 1.07. The van der Waals surface area contributed by atoms with Crippen molar-refractivity contribution in [2.75, 3.05) is 0 Å². The monoisotopic (exact) mass is 199 g/mol. The number of hydrogen-bond acceptors (Lipinski definition) is 2. The van der Waals surface area contributed by atoms with Gasteiger partial charge in [0.1, 0.15) is 6.61 Å². The van der Waals surface area contributed by atoms with E-state index in [-0.39, 0.29) is 5.75 Å². The van der Waals surface area contributed by atoms with Crippen LogP contribution in [0.5, 0.6) is 11.5 Å². The number of benzene rings is 2. The maximum Gasteiger partial charge on any atom is 0.162 e. The van der Waals surface area contributed by atoms with E-state index in [1.54, 1.807) is 18.2 Å². The molecule has 0 spiro atoms. The number of phenolic OH excluding ortho intramolecular Hbond substituents is 1. The van der Waals surface area contributed by atoms with E-state index in [2.05, 4.69) is 6.07 Å². The van der Waals surface area contributed by atoms with Gasteiger partial charge in [0.2, 0.25) is 0 Å². The Morgan fingerprint density at radius 2 is 1.93 bits per heavy atom. The van der Waals surface area contributed by atoms with Gasteiger partial charge in [-0.1, -0.05) is 36.4 Å². The van der Waals surface area contributed by atoms with Crippen molar-refractivity contribution in [1.29, 1.82) is 0 Å². The van der Waals surface area contributed by atoms with Crippen LogP contribution >= 0.6 is 0 Å². The minimum atomic E-state index is 0.143. The quantitative estimate of drug-likeness (QED) is 0.823. The molecule has 0 aliphatic heterocycles. The molecule has 0 aliphatic carbocycles. The zero-order valence-corrected chi connectivity index (χ0v) is 8.18. The molecule has 2 aromatic carbocycles. The molecule has 0 heterocycles. The van der Waals surface area contributed by atoms with E-state index >= 15 is 0 Å². The van der Waals surface area contributed by atoms with Gasteiger partial charge < -0.3 is 9.84 Å². The Labute approximate surface area is 88.8 Å². The van der Waals surface area contributed by atoms with Crippen LogP contribution in [-0.4, -0.2) is 5.11 Å². The van der Waals surface area contributed by atoms with Crippen molar-refractivity contribution in [3.05, 3.63) is 60.2 Å². The van der Waals surface area contributed by atoms with Gasteiger partial charge in [-0.25, -0.2) is 0 Å². The van der Waals surface area contributed by atoms with Crippen molar-refractivity contribution in [3.63, 3.8) is 0 Å². The van der Waals surface area contributed by atoms with Crippen LogP contribution in [0.15, 0.2) is 48.5 Å². The summed E-state index contributed by atoms with van der Waals surface area (Å²) >= 11 is 0. The normalized spacial score (nSPS) is 9.87. The molecule has 15 heavy (non-hydrogen) atoms. The van der Waals surface area contributed by atoms with Gasteiger partial charge >= 0.3 is 0 Å². The third-order valence-electron chi connectivity index (χ3n) is 2.04. The summed E-state index contributed by atoms with van der Waals surface area (Å²) in [7, 11) is 0. The molecule has 1 N–H and O–H groups in total. The highest BCUT2D eigenvalue weighted by atomic mass is 16.5. The summed E-state index contributed by atoms with van der Waals surface area (Å²) < 4.78 is 5.44. The lowest BCUT2D eigenvalue weighted by Gasteiger charge is -2.07. The van der Waals surface area contributed by atoms with Crippen molar-refractivity contribution in [2.24, 2.45) is 0 Å². The summed E-state index contributed by atoms with van der Waals surface area (Å²) in [5, 5.41) is 9.44. The van der Waals surface area contributed by atoms with Crippen LogP contribution < -0.4 is 4.74 Å². The Morgan fingerprint density at radius 3 is 2.67 bits per heavy atom. The number of aromatic hydroxyl groups is 1. The van der Waals surface area contributed by atoms with Crippen molar-refractivity contribution in [2.45, 2.75) is 6.61 Å². The highest BCUT2D eigenvalue weighted by Gasteiger charge is 2.00. The van der Waals surface area contributed by atoms with Gasteiger partial charge in [0.25, 0.3) is 0 Å². The fourth-order valence-electron chi connectivity index (χ4n) is 1.26. The highest BCUT2D eigenvalue weighted by Crippen LogP contribution is 2.24. The zero-order chi connectivity index (χ0) is 10.5. The van der Waals surface area contributed by atoms with E-state index < -0.39 is 0 Å². The van der Waals surface area contributed by atoms with Gasteiger partial charge in [0, 0.05) is 0 Å². The van der Waals surface area contributed by atoms with Gasteiger partial charge in [-0.05, 0) is 23.8 Å². The minimum Gasteiger partial charge on any atom is -0.504 e. The summed E-state index contributed by atoms with van der Waals surface area (Å²) in [4.78, 5) is 0. The smallest absolute Gasteiger partial charge is 0.162 e. The molecule has 0 saturated carbocycles. The molecular weight excluding hydrogens is 188 g/mol. The van der Waals surface area contributed by atoms with E-state index in [1.165, 1.54) is 0 Å². The Balaban J connectivity index is 2.03. The lowest BCUT2D eigenvalue weighted by molar-refractivity contribution is 0.289. The molecule has 0 amide bonds. The molecule has 0 atom stereocenters. The molecular formula is C13H11O2. The Bertz CT molecular complexity index is 424. The van der Waals surface area contributed by atoms with Crippen molar-refractivity contribution in [1.82, 2.24) is 0 Å². The highest BCUT2D eigenvalue weighted by molar-refractivity contribution is 5.37. The van der Waals surface area contributed by atoms with E-state index in [0.29, 0.717) is 12.4 Å². The SMILES string of the molecule is Oc1cc[c]cc1OCc1ccccc1. The first-order valence-electron chi connectivity index (χ1n) is 4.72. The van der Waals surface area contributed by atoms with Crippen LogP contribution in [0.4, 0.5) is 0 Å². The van der Waals surface area contributed by atoms with Crippen molar-refractivity contribution < 1.29 is 9.84 Å². The third-order valence-corrected chi connectivity index (χ3v) is 2.04. The summed E-state index contributed by atoms with van der Waals surface area (Å²) in [6.45, 7) is 0.451. The van der Waals surface area contributed by atoms with Crippen LogP contribution in [0.1, 0.15) is 5.56 Å². The van der Waals surface area contributed by atoms with E-state index in [1.807, 2.05) is 30.3 Å². The molecule has 2 nitrogen and oxygen atoms in total. The largest absolute Gasteiger partial charge is 0.504 e. The predicted octanol–water partition coefficient (Wildman–Crippen LogP) is 2.77. The summed E-state index contributed by atoms with van der Waals surface area (Å²) in [6, 6.07) is 17.5. The lowest BCUT2D eigenvalue weighted by atomic mass is 10.2.